The van der Waals surface area contributed by atoms with E-state index in [1.165, 1.54) is 0 Å². The Bertz CT molecular complexity index is 1390. The minimum absolute atomic E-state index is 0.738. The van der Waals surface area contributed by atoms with Crippen LogP contribution in [-0.4, -0.2) is 24.7 Å². The molecule has 0 amide bonds. The van der Waals surface area contributed by atoms with E-state index in [1.807, 2.05) is 73.9 Å². The van der Waals surface area contributed by atoms with Crippen LogP contribution in [0.5, 0.6) is 0 Å². The minimum atomic E-state index is 0.738. The van der Waals surface area contributed by atoms with Gasteiger partial charge in [-0.05, 0) is 47.9 Å². The van der Waals surface area contributed by atoms with Gasteiger partial charge in [0.2, 0.25) is 0 Å². The maximum Gasteiger partial charge on any atom is 0.118 e. The van der Waals surface area contributed by atoms with Gasteiger partial charge in [-0.3, -0.25) is 14.6 Å². The van der Waals surface area contributed by atoms with E-state index in [2.05, 4.69) is 31.9 Å². The summed E-state index contributed by atoms with van der Waals surface area (Å²) < 4.78 is 1.80. The van der Waals surface area contributed by atoms with Crippen LogP contribution >= 0.6 is 0 Å². The lowest BCUT2D eigenvalue weighted by atomic mass is 10.1. The molecule has 0 fully saturated rings. The standard InChI is InChI=1S/C25H17N5/c1-30-17-22(19-12-14-26-15-13-19)25(29-30)24-11-7-18(16-27-24)6-9-21-10-8-20-4-2-3-5-23(20)28-21/h2-5,7-8,10-17H,1H3. The Kier molecular flexibility index (Phi) is 4.51. The summed E-state index contributed by atoms with van der Waals surface area (Å²) in [5, 5.41) is 5.70. The predicted molar refractivity (Wildman–Crippen MR) is 117 cm³/mol. The van der Waals surface area contributed by atoms with Gasteiger partial charge < -0.3 is 0 Å². The first-order valence-corrected chi connectivity index (χ1v) is 9.54. The first kappa shape index (κ1) is 17.8. The second kappa shape index (κ2) is 7.61. The molecule has 4 heterocycles. The lowest BCUT2D eigenvalue weighted by Gasteiger charge is -2.02. The van der Waals surface area contributed by atoms with E-state index in [9.17, 15) is 0 Å². The monoisotopic (exact) mass is 387 g/mol. The van der Waals surface area contributed by atoms with E-state index in [-0.39, 0.29) is 0 Å². The van der Waals surface area contributed by atoms with Crippen molar-refractivity contribution in [3.63, 3.8) is 0 Å². The Labute approximate surface area is 174 Å². The van der Waals surface area contributed by atoms with Gasteiger partial charge in [0.05, 0.1) is 11.2 Å². The molecular weight excluding hydrogens is 370 g/mol. The van der Waals surface area contributed by atoms with Gasteiger partial charge in [0, 0.05) is 48.3 Å². The smallest absolute Gasteiger partial charge is 0.118 e. The zero-order valence-corrected chi connectivity index (χ0v) is 16.3. The van der Waals surface area contributed by atoms with E-state index in [0.29, 0.717) is 0 Å². The molecule has 0 spiro atoms. The predicted octanol–water partition coefficient (Wildman–Crippen LogP) is 4.49. The quantitative estimate of drug-likeness (QED) is 0.419. The lowest BCUT2D eigenvalue weighted by Crippen LogP contribution is -1.90. The fourth-order valence-electron chi connectivity index (χ4n) is 3.30. The second-order valence-electron chi connectivity index (χ2n) is 6.87. The molecule has 142 valence electrons. The zero-order valence-electron chi connectivity index (χ0n) is 16.3. The van der Waals surface area contributed by atoms with Crippen molar-refractivity contribution < 1.29 is 0 Å². The fourth-order valence-corrected chi connectivity index (χ4v) is 3.30. The van der Waals surface area contributed by atoms with Gasteiger partial charge >= 0.3 is 0 Å². The molecule has 0 radical (unpaired) electrons. The number of para-hydroxylation sites is 1. The van der Waals surface area contributed by atoms with Crippen molar-refractivity contribution in [2.24, 2.45) is 7.05 Å². The van der Waals surface area contributed by atoms with Crippen LogP contribution in [0.3, 0.4) is 0 Å². The molecule has 5 nitrogen and oxygen atoms in total. The topological polar surface area (TPSA) is 56.5 Å². The molecule has 30 heavy (non-hydrogen) atoms. The van der Waals surface area contributed by atoms with Crippen LogP contribution in [0, 0.1) is 11.8 Å². The van der Waals surface area contributed by atoms with Gasteiger partial charge in [0.1, 0.15) is 11.4 Å². The molecule has 0 aliphatic heterocycles. The number of benzene rings is 1. The van der Waals surface area contributed by atoms with E-state index in [4.69, 9.17) is 0 Å². The zero-order chi connectivity index (χ0) is 20.3. The molecule has 5 aromatic rings. The van der Waals surface area contributed by atoms with Gasteiger partial charge in [-0.25, -0.2) is 4.98 Å². The third-order valence-electron chi connectivity index (χ3n) is 4.76. The summed E-state index contributed by atoms with van der Waals surface area (Å²) in [6, 6.07) is 19.8. The Morgan fingerprint density at radius 2 is 1.73 bits per heavy atom. The number of fused-ring (bicyclic) bond motifs is 1. The number of rotatable bonds is 2. The third kappa shape index (κ3) is 3.54. The van der Waals surface area contributed by atoms with Crippen LogP contribution in [0.1, 0.15) is 11.3 Å². The molecule has 0 bridgehead atoms. The molecule has 1 aromatic carbocycles. The van der Waals surface area contributed by atoms with Crippen molar-refractivity contribution in [3.8, 4) is 34.4 Å². The first-order chi connectivity index (χ1) is 14.8. The molecule has 0 N–H and O–H groups in total. The van der Waals surface area contributed by atoms with Crippen molar-refractivity contribution >= 4 is 10.9 Å². The SMILES string of the molecule is Cn1cc(-c2ccncc2)c(-c2ccc(C#Cc3ccc4ccccc4n3)cn2)n1. The van der Waals surface area contributed by atoms with Crippen molar-refractivity contribution in [3.05, 3.63) is 96.7 Å². The molecule has 4 aromatic heterocycles. The second-order valence-corrected chi connectivity index (χ2v) is 6.87. The lowest BCUT2D eigenvalue weighted by molar-refractivity contribution is 0.770. The summed E-state index contributed by atoms with van der Waals surface area (Å²) in [4.78, 5) is 13.3. The summed E-state index contributed by atoms with van der Waals surface area (Å²) in [7, 11) is 1.91. The maximum absolute atomic E-state index is 4.60. The van der Waals surface area contributed by atoms with Crippen LogP contribution in [0.2, 0.25) is 0 Å². The van der Waals surface area contributed by atoms with Gasteiger partial charge in [-0.15, -0.1) is 0 Å². The molecule has 0 aliphatic rings. The average molecular weight is 387 g/mol. The van der Waals surface area contributed by atoms with Gasteiger partial charge in [-0.2, -0.15) is 5.10 Å². The summed E-state index contributed by atoms with van der Waals surface area (Å²) in [5.41, 5.74) is 6.22. The normalized spacial score (nSPS) is 10.6. The van der Waals surface area contributed by atoms with Gasteiger partial charge in [-0.1, -0.05) is 30.2 Å². The molecule has 0 unspecified atom stereocenters. The van der Waals surface area contributed by atoms with Crippen LogP contribution in [0.15, 0.2) is 85.5 Å². The number of aromatic nitrogens is 5. The number of hydrogen-bond acceptors (Lipinski definition) is 4. The maximum atomic E-state index is 4.60. The van der Waals surface area contributed by atoms with Crippen molar-refractivity contribution in [2.45, 2.75) is 0 Å². The Hall–Kier alpha value is -4.30. The van der Waals surface area contributed by atoms with Crippen molar-refractivity contribution in [1.29, 1.82) is 0 Å². The van der Waals surface area contributed by atoms with Crippen LogP contribution in [0.4, 0.5) is 0 Å². The largest absolute Gasteiger partial charge is 0.274 e. The Morgan fingerprint density at radius 3 is 2.57 bits per heavy atom. The molecule has 0 atom stereocenters. The van der Waals surface area contributed by atoms with Crippen molar-refractivity contribution in [2.75, 3.05) is 0 Å². The van der Waals surface area contributed by atoms with Gasteiger partial charge in [0.25, 0.3) is 0 Å². The van der Waals surface area contributed by atoms with Crippen LogP contribution in [-0.2, 0) is 7.05 Å². The average Bonchev–Trinajstić information content (AvgIpc) is 3.20. The van der Waals surface area contributed by atoms with E-state index >= 15 is 0 Å². The Morgan fingerprint density at radius 1 is 0.867 bits per heavy atom. The highest BCUT2D eigenvalue weighted by atomic mass is 15.3. The number of pyridine rings is 3. The number of aryl methyl sites for hydroxylation is 1. The number of nitrogens with zero attached hydrogens (tertiary/aromatic N) is 5. The summed E-state index contributed by atoms with van der Waals surface area (Å²) in [5.74, 6) is 6.27. The van der Waals surface area contributed by atoms with E-state index < -0.39 is 0 Å². The van der Waals surface area contributed by atoms with Crippen LogP contribution in [0.25, 0.3) is 33.4 Å². The first-order valence-electron chi connectivity index (χ1n) is 9.54. The highest BCUT2D eigenvalue weighted by molar-refractivity contribution is 5.79. The molecule has 5 heteroatoms. The fraction of sp³-hybridized carbons (Fsp3) is 0.0400. The summed E-state index contributed by atoms with van der Waals surface area (Å²) in [6.45, 7) is 0. The molecule has 0 saturated carbocycles. The Balaban J connectivity index is 1.44. The minimum Gasteiger partial charge on any atom is -0.274 e. The summed E-state index contributed by atoms with van der Waals surface area (Å²) >= 11 is 0. The van der Waals surface area contributed by atoms with Crippen LogP contribution < -0.4 is 0 Å². The molecule has 5 rings (SSSR count). The van der Waals surface area contributed by atoms with Crippen molar-refractivity contribution in [1.82, 2.24) is 24.7 Å². The summed E-state index contributed by atoms with van der Waals surface area (Å²) in [6.07, 6.45) is 7.32. The molecule has 0 saturated heterocycles. The highest BCUT2D eigenvalue weighted by Crippen LogP contribution is 2.29. The van der Waals surface area contributed by atoms with E-state index in [0.717, 1.165) is 44.7 Å². The number of hydrogen-bond donors (Lipinski definition) is 0. The third-order valence-corrected chi connectivity index (χ3v) is 4.76. The molecular formula is C25H17N5. The van der Waals surface area contributed by atoms with E-state index in [1.54, 1.807) is 23.3 Å². The highest BCUT2D eigenvalue weighted by Gasteiger charge is 2.13. The molecule has 0 aliphatic carbocycles. The van der Waals surface area contributed by atoms with Gasteiger partial charge in [0.15, 0.2) is 0 Å².